The second kappa shape index (κ2) is 5.54. The molecular formula is C8H14NO6P. The van der Waals surface area contributed by atoms with Gasteiger partial charge in [0.05, 0.1) is 12.6 Å². The van der Waals surface area contributed by atoms with Gasteiger partial charge < -0.3 is 19.8 Å². The van der Waals surface area contributed by atoms with E-state index in [9.17, 15) is 14.2 Å². The van der Waals surface area contributed by atoms with E-state index >= 15 is 0 Å². The number of carbonyl (C=O) groups is 2. The van der Waals surface area contributed by atoms with Crippen molar-refractivity contribution in [2.75, 3.05) is 12.7 Å². The Morgan fingerprint density at radius 2 is 2.12 bits per heavy atom. The van der Waals surface area contributed by atoms with Crippen molar-refractivity contribution in [1.82, 2.24) is 5.32 Å². The summed E-state index contributed by atoms with van der Waals surface area (Å²) in [5.74, 6) is -1.57. The monoisotopic (exact) mass is 251 g/mol. The van der Waals surface area contributed by atoms with Crippen molar-refractivity contribution in [1.29, 1.82) is 0 Å². The summed E-state index contributed by atoms with van der Waals surface area (Å²) in [6.45, 7) is 0.705. The smallest absolute Gasteiger partial charge is 0.330 e. The second-order valence-electron chi connectivity index (χ2n) is 3.58. The topological polar surface area (TPSA) is 113 Å². The molecule has 1 saturated heterocycles. The van der Waals surface area contributed by atoms with Crippen molar-refractivity contribution in [3.63, 3.8) is 0 Å². The Balaban J connectivity index is 2.28. The van der Waals surface area contributed by atoms with Gasteiger partial charge in [0, 0.05) is 0 Å². The van der Waals surface area contributed by atoms with Crippen LogP contribution in [0.1, 0.15) is 19.3 Å². The average Bonchev–Trinajstić information content (AvgIpc) is 2.66. The van der Waals surface area contributed by atoms with Gasteiger partial charge in [0.2, 0.25) is 0 Å². The van der Waals surface area contributed by atoms with Crippen LogP contribution in [0.5, 0.6) is 0 Å². The Hall–Kier alpha value is -0.750. The van der Waals surface area contributed by atoms with Crippen LogP contribution >= 0.6 is 7.60 Å². The molecule has 0 amide bonds. The van der Waals surface area contributed by atoms with Crippen LogP contribution in [0.25, 0.3) is 0 Å². The number of esters is 2. The highest BCUT2D eigenvalue weighted by atomic mass is 31.2. The molecule has 0 aliphatic carbocycles. The van der Waals surface area contributed by atoms with Gasteiger partial charge in [-0.2, -0.15) is 0 Å². The quantitative estimate of drug-likeness (QED) is 0.346. The zero-order valence-corrected chi connectivity index (χ0v) is 9.48. The van der Waals surface area contributed by atoms with Crippen LogP contribution in [-0.2, 0) is 18.9 Å². The van der Waals surface area contributed by atoms with Crippen LogP contribution in [0.2, 0.25) is 0 Å². The maximum absolute atomic E-state index is 11.3. The van der Waals surface area contributed by atoms with Gasteiger partial charge in [0.1, 0.15) is 6.04 Å². The lowest BCUT2D eigenvalue weighted by molar-refractivity contribution is -0.160. The predicted molar refractivity (Wildman–Crippen MR) is 53.7 cm³/mol. The molecule has 1 heterocycles. The molecule has 0 radical (unpaired) electrons. The van der Waals surface area contributed by atoms with Crippen LogP contribution < -0.4 is 5.32 Å². The number of hydrogen-bond donors (Lipinski definition) is 3. The van der Waals surface area contributed by atoms with Crippen molar-refractivity contribution in [2.45, 2.75) is 25.3 Å². The summed E-state index contributed by atoms with van der Waals surface area (Å²) in [7, 11) is -4.22. The Kier molecular flexibility index (Phi) is 4.61. The van der Waals surface area contributed by atoms with Crippen molar-refractivity contribution < 1.29 is 28.7 Å². The molecule has 1 aliphatic heterocycles. The van der Waals surface area contributed by atoms with E-state index in [4.69, 9.17) is 9.79 Å². The van der Waals surface area contributed by atoms with Crippen LogP contribution in [0.4, 0.5) is 0 Å². The highest BCUT2D eigenvalue weighted by Crippen LogP contribution is 2.34. The molecule has 1 rings (SSSR count). The summed E-state index contributed by atoms with van der Waals surface area (Å²) in [5, 5.41) is 2.85. The third kappa shape index (κ3) is 4.85. The van der Waals surface area contributed by atoms with E-state index in [1.165, 1.54) is 0 Å². The molecule has 0 aromatic carbocycles. The van der Waals surface area contributed by atoms with Crippen LogP contribution in [0, 0.1) is 0 Å². The fourth-order valence-corrected chi connectivity index (χ4v) is 1.83. The molecule has 1 atom stereocenters. The Morgan fingerprint density at radius 1 is 1.44 bits per heavy atom. The van der Waals surface area contributed by atoms with Crippen LogP contribution in [-0.4, -0.2) is 40.5 Å². The van der Waals surface area contributed by atoms with Crippen LogP contribution in [0.3, 0.4) is 0 Å². The lowest BCUT2D eigenvalue weighted by Gasteiger charge is -2.08. The van der Waals surface area contributed by atoms with Gasteiger partial charge in [-0.05, 0) is 19.4 Å². The maximum Gasteiger partial charge on any atom is 0.330 e. The van der Waals surface area contributed by atoms with Crippen molar-refractivity contribution in [3.05, 3.63) is 0 Å². The Bertz CT molecular complexity index is 318. The molecule has 0 aromatic rings. The summed E-state index contributed by atoms with van der Waals surface area (Å²) in [6, 6.07) is -0.473. The largest absolute Gasteiger partial charge is 0.392 e. The molecule has 0 spiro atoms. The summed E-state index contributed by atoms with van der Waals surface area (Å²) in [4.78, 5) is 39.4. The summed E-state index contributed by atoms with van der Waals surface area (Å²) >= 11 is 0. The molecule has 92 valence electrons. The average molecular weight is 251 g/mol. The van der Waals surface area contributed by atoms with Gasteiger partial charge in [0.25, 0.3) is 0 Å². The number of ether oxygens (including phenoxy) is 1. The second-order valence-corrected chi connectivity index (χ2v) is 5.36. The molecule has 1 fully saturated rings. The lowest BCUT2D eigenvalue weighted by atomic mass is 10.2. The zero-order valence-electron chi connectivity index (χ0n) is 8.59. The summed E-state index contributed by atoms with van der Waals surface area (Å²) in [6.07, 6.45) is 0.404. The van der Waals surface area contributed by atoms with E-state index in [-0.39, 0.29) is 0 Å². The highest BCUT2D eigenvalue weighted by Gasteiger charge is 2.26. The first-order chi connectivity index (χ1) is 7.38. The SMILES string of the molecule is O=C(CCP(=O)(O)O)OC(=O)[C@@H]1CCCN1. The molecule has 0 unspecified atom stereocenters. The van der Waals surface area contributed by atoms with Crippen molar-refractivity contribution in [3.8, 4) is 0 Å². The zero-order chi connectivity index (χ0) is 12.2. The summed E-state index contributed by atoms with van der Waals surface area (Å²) < 4.78 is 14.9. The molecule has 3 N–H and O–H groups in total. The molecule has 0 saturated carbocycles. The molecule has 0 bridgehead atoms. The molecule has 1 aliphatic rings. The van der Waals surface area contributed by atoms with Gasteiger partial charge in [-0.1, -0.05) is 0 Å². The van der Waals surface area contributed by atoms with Gasteiger partial charge in [-0.15, -0.1) is 0 Å². The van der Waals surface area contributed by atoms with Crippen LogP contribution in [0.15, 0.2) is 0 Å². The predicted octanol–water partition coefficient (Wildman–Crippen LogP) is -0.624. The van der Waals surface area contributed by atoms with Crippen molar-refractivity contribution >= 4 is 19.5 Å². The first-order valence-corrected chi connectivity index (χ1v) is 6.71. The molecular weight excluding hydrogens is 237 g/mol. The highest BCUT2D eigenvalue weighted by molar-refractivity contribution is 7.51. The first-order valence-electron chi connectivity index (χ1n) is 4.91. The first kappa shape index (κ1) is 13.3. The Labute approximate surface area is 92.3 Å². The van der Waals surface area contributed by atoms with E-state index in [0.29, 0.717) is 13.0 Å². The van der Waals surface area contributed by atoms with Gasteiger partial charge >= 0.3 is 19.5 Å². The summed E-state index contributed by atoms with van der Waals surface area (Å²) in [5.41, 5.74) is 0. The lowest BCUT2D eigenvalue weighted by Crippen LogP contribution is -2.33. The minimum Gasteiger partial charge on any atom is -0.392 e. The van der Waals surface area contributed by atoms with E-state index < -0.39 is 38.2 Å². The number of rotatable bonds is 4. The standard InChI is InChI=1S/C8H14NO6P/c10-7(3-5-16(12,13)14)15-8(11)6-2-1-4-9-6/h6,9H,1-5H2,(H2,12,13,14)/t6-/m0/s1. The van der Waals surface area contributed by atoms with E-state index in [1.807, 2.05) is 0 Å². The van der Waals surface area contributed by atoms with Gasteiger partial charge in [-0.3, -0.25) is 9.36 Å². The van der Waals surface area contributed by atoms with E-state index in [2.05, 4.69) is 10.1 Å². The third-order valence-corrected chi connectivity index (χ3v) is 2.97. The molecule has 8 heteroatoms. The van der Waals surface area contributed by atoms with Gasteiger partial charge in [0.15, 0.2) is 0 Å². The molecule has 16 heavy (non-hydrogen) atoms. The third-order valence-electron chi connectivity index (χ3n) is 2.17. The normalized spacial score (nSPS) is 20.8. The maximum atomic E-state index is 11.3. The Morgan fingerprint density at radius 3 is 2.62 bits per heavy atom. The number of hydrogen-bond acceptors (Lipinski definition) is 5. The van der Waals surface area contributed by atoms with E-state index in [0.717, 1.165) is 6.42 Å². The fraction of sp³-hybridized carbons (Fsp3) is 0.750. The minimum absolute atomic E-state index is 0.456. The van der Waals surface area contributed by atoms with Crippen molar-refractivity contribution in [2.24, 2.45) is 0 Å². The number of carbonyl (C=O) groups excluding carboxylic acids is 2. The van der Waals surface area contributed by atoms with E-state index in [1.54, 1.807) is 0 Å². The molecule has 7 nitrogen and oxygen atoms in total. The molecule has 0 aromatic heterocycles. The fourth-order valence-electron chi connectivity index (χ4n) is 1.36. The minimum atomic E-state index is -4.22. The van der Waals surface area contributed by atoms with Gasteiger partial charge in [-0.25, -0.2) is 4.79 Å². The number of nitrogens with one attached hydrogen (secondary N) is 1.